The summed E-state index contributed by atoms with van der Waals surface area (Å²) in [6, 6.07) is 0. The third-order valence-electron chi connectivity index (χ3n) is 1.12. The molecule has 0 saturated heterocycles. The molecule has 0 aromatic rings. The molecule has 0 aliphatic rings. The number of rotatable bonds is 4. The van der Waals surface area contributed by atoms with Crippen molar-refractivity contribution in [1.82, 2.24) is 0 Å². The van der Waals surface area contributed by atoms with E-state index in [0.29, 0.717) is 6.61 Å². The molecule has 0 radical (unpaired) electrons. The molecule has 0 amide bonds. The quantitative estimate of drug-likeness (QED) is 0.451. The lowest BCUT2D eigenvalue weighted by atomic mass is 10.5. The highest BCUT2D eigenvalue weighted by atomic mass is 16.6. The van der Waals surface area contributed by atoms with E-state index in [1.54, 1.807) is 6.92 Å². The molecule has 1 atom stereocenters. The number of likely N-dealkylation sites (N-methyl/N-ethyl adjacent to an activating group) is 1. The first-order chi connectivity index (χ1) is 4.42. The number of hydrogen-bond acceptors (Lipinski definition) is 2. The zero-order valence-corrected chi connectivity index (χ0v) is 7.29. The van der Waals surface area contributed by atoms with Gasteiger partial charge in [-0.25, -0.2) is 0 Å². The van der Waals surface area contributed by atoms with Gasteiger partial charge in [0.15, 0.2) is 6.29 Å². The van der Waals surface area contributed by atoms with Gasteiger partial charge in [0.1, 0.15) is 6.54 Å². The van der Waals surface area contributed by atoms with Crippen LogP contribution >= 0.6 is 0 Å². The number of quaternary nitrogens is 1. The second-order valence-electron chi connectivity index (χ2n) is 3.48. The minimum Gasteiger partial charge on any atom is -0.368 e. The molecule has 3 nitrogen and oxygen atoms in total. The van der Waals surface area contributed by atoms with Gasteiger partial charge in [-0.3, -0.25) is 0 Å². The summed E-state index contributed by atoms with van der Waals surface area (Å²) in [5.41, 5.74) is 0. The zero-order valence-electron chi connectivity index (χ0n) is 7.29. The van der Waals surface area contributed by atoms with Crippen molar-refractivity contribution in [2.75, 3.05) is 34.3 Å². The van der Waals surface area contributed by atoms with E-state index in [4.69, 9.17) is 9.84 Å². The van der Waals surface area contributed by atoms with E-state index in [1.165, 1.54) is 0 Å². The van der Waals surface area contributed by atoms with Gasteiger partial charge in [-0.15, -0.1) is 0 Å². The molecule has 0 aromatic carbocycles. The number of ether oxygens (including phenoxy) is 1. The van der Waals surface area contributed by atoms with Gasteiger partial charge >= 0.3 is 0 Å². The molecule has 0 aromatic heterocycles. The Morgan fingerprint density at radius 3 is 2.20 bits per heavy atom. The average molecular weight is 148 g/mol. The Morgan fingerprint density at radius 1 is 1.40 bits per heavy atom. The highest BCUT2D eigenvalue weighted by molar-refractivity contribution is 4.29. The maximum Gasteiger partial charge on any atom is 0.152 e. The van der Waals surface area contributed by atoms with Gasteiger partial charge in [-0.1, -0.05) is 0 Å². The standard InChI is InChI=1S/C7H18NO2/c1-7(9)10-6-5-8(2,3)4/h7,9H,5-6H2,1-4H3/q+1. The van der Waals surface area contributed by atoms with Gasteiger partial charge in [-0.2, -0.15) is 0 Å². The highest BCUT2D eigenvalue weighted by Crippen LogP contribution is 1.91. The summed E-state index contributed by atoms with van der Waals surface area (Å²) in [5.74, 6) is 0. The average Bonchev–Trinajstić information content (AvgIpc) is 1.59. The molecule has 10 heavy (non-hydrogen) atoms. The lowest BCUT2D eigenvalue weighted by molar-refractivity contribution is -0.871. The van der Waals surface area contributed by atoms with E-state index in [0.717, 1.165) is 11.0 Å². The van der Waals surface area contributed by atoms with Crippen molar-refractivity contribution >= 4 is 0 Å². The van der Waals surface area contributed by atoms with E-state index >= 15 is 0 Å². The fraction of sp³-hybridized carbons (Fsp3) is 1.00. The van der Waals surface area contributed by atoms with Crippen molar-refractivity contribution in [2.24, 2.45) is 0 Å². The first-order valence-corrected chi connectivity index (χ1v) is 3.52. The lowest BCUT2D eigenvalue weighted by Gasteiger charge is -2.23. The zero-order chi connectivity index (χ0) is 8.20. The summed E-state index contributed by atoms with van der Waals surface area (Å²) in [5, 5.41) is 8.72. The van der Waals surface area contributed by atoms with Crippen molar-refractivity contribution in [3.63, 3.8) is 0 Å². The third kappa shape index (κ3) is 7.88. The summed E-state index contributed by atoms with van der Waals surface area (Å²) in [7, 11) is 6.27. The minimum absolute atomic E-state index is 0.612. The molecule has 0 rings (SSSR count). The summed E-state index contributed by atoms with van der Waals surface area (Å²) in [4.78, 5) is 0. The van der Waals surface area contributed by atoms with Crippen molar-refractivity contribution in [3.05, 3.63) is 0 Å². The van der Waals surface area contributed by atoms with Crippen molar-refractivity contribution in [2.45, 2.75) is 13.2 Å². The predicted octanol–water partition coefficient (Wildman–Crippen LogP) is 0.0475. The molecule has 3 heteroatoms. The molecule has 0 aliphatic heterocycles. The van der Waals surface area contributed by atoms with Crippen LogP contribution < -0.4 is 0 Å². The van der Waals surface area contributed by atoms with Gasteiger partial charge in [0, 0.05) is 0 Å². The number of nitrogens with zero attached hydrogens (tertiary/aromatic N) is 1. The van der Waals surface area contributed by atoms with Crippen LogP contribution in [0.1, 0.15) is 6.92 Å². The van der Waals surface area contributed by atoms with Crippen LogP contribution in [0.5, 0.6) is 0 Å². The summed E-state index contributed by atoms with van der Waals surface area (Å²) in [6.07, 6.45) is -0.633. The van der Waals surface area contributed by atoms with E-state index < -0.39 is 6.29 Å². The van der Waals surface area contributed by atoms with E-state index in [2.05, 4.69) is 21.1 Å². The summed E-state index contributed by atoms with van der Waals surface area (Å²) in [6.45, 7) is 3.15. The molecule has 1 unspecified atom stereocenters. The molecule has 0 bridgehead atoms. The van der Waals surface area contributed by atoms with Gasteiger partial charge in [-0.05, 0) is 6.92 Å². The Hall–Kier alpha value is -0.120. The van der Waals surface area contributed by atoms with Crippen LogP contribution in [-0.2, 0) is 4.74 Å². The Kier molecular flexibility index (Phi) is 3.86. The van der Waals surface area contributed by atoms with Crippen LogP contribution in [0.25, 0.3) is 0 Å². The van der Waals surface area contributed by atoms with Gasteiger partial charge < -0.3 is 14.3 Å². The molecule has 1 N–H and O–H groups in total. The van der Waals surface area contributed by atoms with Crippen molar-refractivity contribution < 1.29 is 14.3 Å². The Morgan fingerprint density at radius 2 is 1.90 bits per heavy atom. The molecule has 0 aliphatic carbocycles. The summed E-state index contributed by atoms with van der Waals surface area (Å²) >= 11 is 0. The van der Waals surface area contributed by atoms with Crippen LogP contribution in [0.2, 0.25) is 0 Å². The molecule has 0 fully saturated rings. The Labute approximate surface area is 62.8 Å². The van der Waals surface area contributed by atoms with Crippen molar-refractivity contribution in [3.8, 4) is 0 Å². The van der Waals surface area contributed by atoms with Gasteiger partial charge in [0.2, 0.25) is 0 Å². The number of hydrogen-bond donors (Lipinski definition) is 1. The molecule has 0 spiro atoms. The van der Waals surface area contributed by atoms with Gasteiger partial charge in [0.05, 0.1) is 27.7 Å². The SMILES string of the molecule is CC(O)OCC[N+](C)(C)C. The van der Waals surface area contributed by atoms with E-state index in [-0.39, 0.29) is 0 Å². The molecular formula is C7H18NO2+. The maximum absolute atomic E-state index is 8.72. The third-order valence-corrected chi connectivity index (χ3v) is 1.12. The highest BCUT2D eigenvalue weighted by Gasteiger charge is 2.06. The van der Waals surface area contributed by atoms with Crippen molar-refractivity contribution in [1.29, 1.82) is 0 Å². The van der Waals surface area contributed by atoms with Crippen LogP contribution in [0.3, 0.4) is 0 Å². The topological polar surface area (TPSA) is 29.5 Å². The molecule has 0 saturated carbocycles. The van der Waals surface area contributed by atoms with Crippen LogP contribution in [-0.4, -0.2) is 50.2 Å². The maximum atomic E-state index is 8.72. The second-order valence-corrected chi connectivity index (χ2v) is 3.48. The van der Waals surface area contributed by atoms with E-state index in [9.17, 15) is 0 Å². The molecular weight excluding hydrogens is 130 g/mol. The fourth-order valence-corrected chi connectivity index (χ4v) is 0.497. The first-order valence-electron chi connectivity index (χ1n) is 3.52. The number of aliphatic hydroxyl groups excluding tert-OH is 1. The predicted molar refractivity (Wildman–Crippen MR) is 40.5 cm³/mol. The van der Waals surface area contributed by atoms with Gasteiger partial charge in [0.25, 0.3) is 0 Å². The Balaban J connectivity index is 3.21. The Bertz CT molecular complexity index is 86.1. The smallest absolute Gasteiger partial charge is 0.152 e. The normalized spacial score (nSPS) is 15.3. The lowest BCUT2D eigenvalue weighted by Crippen LogP contribution is -2.38. The molecule has 62 valence electrons. The first kappa shape index (κ1) is 9.88. The molecule has 0 heterocycles. The summed E-state index contributed by atoms with van der Waals surface area (Å²) < 4.78 is 5.83. The minimum atomic E-state index is -0.633. The van der Waals surface area contributed by atoms with Crippen LogP contribution in [0.4, 0.5) is 0 Å². The van der Waals surface area contributed by atoms with Crippen LogP contribution in [0, 0.1) is 0 Å². The second kappa shape index (κ2) is 3.91. The fourth-order valence-electron chi connectivity index (χ4n) is 0.497. The van der Waals surface area contributed by atoms with Crippen LogP contribution in [0.15, 0.2) is 0 Å². The largest absolute Gasteiger partial charge is 0.368 e. The van der Waals surface area contributed by atoms with E-state index in [1.807, 2.05) is 0 Å². The monoisotopic (exact) mass is 148 g/mol. The number of aliphatic hydroxyl groups is 1.